The van der Waals surface area contributed by atoms with Crippen molar-refractivity contribution in [1.82, 2.24) is 73.3 Å². The second-order valence-corrected chi connectivity index (χ2v) is 33.6. The van der Waals surface area contributed by atoms with Gasteiger partial charge in [0, 0.05) is 223 Å². The molecule has 684 valence electrons. The summed E-state index contributed by atoms with van der Waals surface area (Å²) >= 11 is 0. The Morgan fingerprint density at radius 1 is 0.383 bits per heavy atom. The highest BCUT2D eigenvalue weighted by Crippen LogP contribution is 2.40. The lowest BCUT2D eigenvalue weighted by Crippen LogP contribution is -2.48. The van der Waals surface area contributed by atoms with Crippen molar-refractivity contribution in [1.29, 1.82) is 0 Å². The van der Waals surface area contributed by atoms with E-state index in [2.05, 4.69) is 238 Å². The van der Waals surface area contributed by atoms with Crippen LogP contribution in [0.15, 0.2) is 256 Å². The minimum atomic E-state index is -0.0649. The Bertz CT molecular complexity index is 6240. The van der Waals surface area contributed by atoms with Crippen molar-refractivity contribution in [2.75, 3.05) is 131 Å². The van der Waals surface area contributed by atoms with Crippen LogP contribution in [0.4, 0.5) is 75.2 Å². The Labute approximate surface area is 776 Å². The van der Waals surface area contributed by atoms with Gasteiger partial charge in [0.05, 0.1) is 43.8 Å². The minimum Gasteiger partial charge on any atom is -0.492 e. The fourth-order valence-corrected chi connectivity index (χ4v) is 17.9. The van der Waals surface area contributed by atoms with Crippen LogP contribution in [0.25, 0.3) is 22.1 Å². The maximum Gasteiger partial charge on any atom is 0.233 e. The average Bonchev–Trinajstić information content (AvgIpc) is 1.64. The van der Waals surface area contributed by atoms with Crippen LogP contribution < -0.4 is 50.5 Å². The van der Waals surface area contributed by atoms with E-state index >= 15 is 0 Å². The third kappa shape index (κ3) is 22.2. The van der Waals surface area contributed by atoms with E-state index in [0.717, 1.165) is 201 Å². The lowest BCUT2D eigenvalue weighted by Gasteiger charge is -2.35. The van der Waals surface area contributed by atoms with Crippen LogP contribution in [-0.4, -0.2) is 188 Å². The highest BCUT2D eigenvalue weighted by atomic mass is 16.5. The van der Waals surface area contributed by atoms with Crippen LogP contribution in [0, 0.1) is 0 Å². The molecule has 14 aromatic rings. The van der Waals surface area contributed by atoms with Crippen molar-refractivity contribution in [2.45, 2.75) is 131 Å². The number of nitrogens with zero attached hydrogens (tertiary/aromatic N) is 20. The summed E-state index contributed by atoms with van der Waals surface area (Å²) in [4.78, 5) is 118. The lowest BCUT2D eigenvalue weighted by molar-refractivity contribution is -0.129. The van der Waals surface area contributed by atoms with Gasteiger partial charge in [-0.05, 0) is 146 Å². The fraction of sp³-hybridized carbons (Fsp3) is 0.320. The van der Waals surface area contributed by atoms with Crippen molar-refractivity contribution in [3.63, 3.8) is 0 Å². The third-order valence-electron chi connectivity index (χ3n) is 25.2. The molecule has 0 radical (unpaired) electrons. The quantitative estimate of drug-likeness (QED) is 0.0372. The van der Waals surface area contributed by atoms with Gasteiger partial charge in [-0.3, -0.25) is 33.8 Å². The van der Waals surface area contributed by atoms with E-state index in [1.807, 2.05) is 127 Å². The Hall–Kier alpha value is -15.1. The molecule has 19 rings (SSSR count). The van der Waals surface area contributed by atoms with E-state index < -0.39 is 0 Å². The number of carbonyl (C=O) groups is 5. The molecule has 5 amide bonds. The Morgan fingerprint density at radius 2 is 0.759 bits per heavy atom. The highest BCUT2D eigenvalue weighted by molar-refractivity contribution is 6.02. The molecule has 12 heterocycles. The second kappa shape index (κ2) is 43.1. The molecule has 0 aliphatic carbocycles. The van der Waals surface area contributed by atoms with Crippen LogP contribution in [0.1, 0.15) is 139 Å². The number of aromatic nitrogens is 12. The summed E-state index contributed by atoms with van der Waals surface area (Å²) in [6.07, 6.45) is 22.2. The molecule has 3 saturated heterocycles. The number of rotatable bonds is 27. The zero-order valence-corrected chi connectivity index (χ0v) is 76.8. The molecule has 0 spiro atoms. The van der Waals surface area contributed by atoms with Crippen molar-refractivity contribution >= 4 is 127 Å². The summed E-state index contributed by atoms with van der Waals surface area (Å²) in [7, 11) is 0. The van der Waals surface area contributed by atoms with Gasteiger partial charge in [-0.15, -0.1) is 0 Å². The topological polar surface area (TPSA) is 299 Å². The number of nitrogens with one attached hydrogen (secondary N) is 4. The standard InChI is InChI=1S/C27H30N6O2.C27H30N6O.C26H26N6O2.C23H30N6O/c1-3-24(20-7-5-4-6-8-20)33-25(35)17-21-18-28-27(30-26(21)33)29-22-9-11-23(12-10-22)32-15-13-31(14-16-32)19(2)34;1-3-25(21-7-5-4-6-8-21)33-14-13-22-19-28-27(30-26(22)33)29-23-9-11-24(12-10-23)32-17-15-31(16-18-32)20(2)34;1-2-23(19-7-4-3-5-8-19)32-24(33)15-20-17-28-26(30-25(20)32)29-21-9-6-10-22(16-21)34-14-13-31-12-11-27-18-31;1-4-20(5-2)29-11-10-18-16-24-23(26-22(18)29)25-19-6-8-21(9-7-19)28-14-12-27(13-15-28)17(3)30/h4-12,18,24H,3,13-17H2,1-2H3,(H,28,29,30);4-14,19,25H,3,15-18H2,1-2H3,(H,28,29,30);3-12,16-18,23H,2,13-15H2,1H3,(H,28,29,30);6-11,16,20H,4-5,12-15H2,1-3H3,(H,24,25,26). The van der Waals surface area contributed by atoms with Gasteiger partial charge in [0.25, 0.3) is 0 Å². The van der Waals surface area contributed by atoms with E-state index in [0.29, 0.717) is 60.9 Å². The van der Waals surface area contributed by atoms with Gasteiger partial charge in [0.2, 0.25) is 53.3 Å². The monoisotopic (exact) mass is 1780 g/mol. The molecule has 133 heavy (non-hydrogen) atoms. The van der Waals surface area contributed by atoms with Gasteiger partial charge in [0.1, 0.15) is 35.3 Å². The van der Waals surface area contributed by atoms with E-state index in [4.69, 9.17) is 24.7 Å². The Balaban J connectivity index is 0.000000129. The van der Waals surface area contributed by atoms with Crippen LogP contribution in [-0.2, 0) is 43.4 Å². The second-order valence-electron chi connectivity index (χ2n) is 33.6. The van der Waals surface area contributed by atoms with Gasteiger partial charge in [-0.25, -0.2) is 24.9 Å². The highest BCUT2D eigenvalue weighted by Gasteiger charge is 2.37. The molecule has 0 bridgehead atoms. The number of amides is 5. The zero-order valence-electron chi connectivity index (χ0n) is 76.8. The van der Waals surface area contributed by atoms with Crippen LogP contribution in [0.3, 0.4) is 0 Å². The molecule has 7 aromatic carbocycles. The number of hydrogen-bond donors (Lipinski definition) is 4. The first-order chi connectivity index (χ1) is 64.9. The summed E-state index contributed by atoms with van der Waals surface area (Å²) in [5.41, 5.74) is 14.1. The molecular weight excluding hydrogens is 1670 g/mol. The van der Waals surface area contributed by atoms with E-state index in [1.165, 1.54) is 11.3 Å². The van der Waals surface area contributed by atoms with Gasteiger partial charge in [-0.1, -0.05) is 132 Å². The molecule has 5 aliphatic rings. The number of anilines is 13. The van der Waals surface area contributed by atoms with E-state index in [-0.39, 0.29) is 47.7 Å². The maximum absolute atomic E-state index is 12.9. The number of benzene rings is 7. The predicted octanol–water partition coefficient (Wildman–Crippen LogP) is 17.5. The maximum atomic E-state index is 12.9. The summed E-state index contributed by atoms with van der Waals surface area (Å²) in [6, 6.07) is 67.9. The molecule has 3 unspecified atom stereocenters. The lowest BCUT2D eigenvalue weighted by atomic mass is 10.0. The van der Waals surface area contributed by atoms with Gasteiger partial charge >= 0.3 is 0 Å². The zero-order chi connectivity index (χ0) is 92.3. The molecule has 30 nitrogen and oxygen atoms in total. The molecule has 30 heteroatoms. The van der Waals surface area contributed by atoms with Crippen molar-refractivity contribution in [2.24, 2.45) is 0 Å². The molecule has 3 atom stereocenters. The largest absolute Gasteiger partial charge is 0.492 e. The van der Waals surface area contributed by atoms with Crippen molar-refractivity contribution in [3.8, 4) is 5.75 Å². The summed E-state index contributed by atoms with van der Waals surface area (Å²) in [6.45, 7) is 26.6. The number of piperazine rings is 3. The smallest absolute Gasteiger partial charge is 0.233 e. The summed E-state index contributed by atoms with van der Waals surface area (Å²) in [5.74, 6) is 4.74. The normalized spacial score (nSPS) is 14.8. The third-order valence-corrected chi connectivity index (χ3v) is 25.2. The van der Waals surface area contributed by atoms with Crippen LogP contribution in [0.5, 0.6) is 5.75 Å². The average molecular weight is 1790 g/mol. The van der Waals surface area contributed by atoms with Gasteiger partial charge in [-0.2, -0.15) is 19.9 Å². The number of carbonyl (C=O) groups excluding carboxylic acids is 5. The minimum absolute atomic E-state index is 0.0467. The first-order valence-electron chi connectivity index (χ1n) is 46.2. The van der Waals surface area contributed by atoms with Crippen molar-refractivity contribution in [3.05, 3.63) is 284 Å². The van der Waals surface area contributed by atoms with Gasteiger partial charge < -0.3 is 69.1 Å². The summed E-state index contributed by atoms with van der Waals surface area (Å²) in [5, 5.41) is 15.3. The first-order valence-corrected chi connectivity index (χ1v) is 46.2. The molecule has 3 fully saturated rings. The van der Waals surface area contributed by atoms with E-state index in [1.54, 1.807) is 45.7 Å². The summed E-state index contributed by atoms with van der Waals surface area (Å²) < 4.78 is 12.3. The Morgan fingerprint density at radius 3 is 1.14 bits per heavy atom. The fourth-order valence-electron chi connectivity index (χ4n) is 17.9. The van der Waals surface area contributed by atoms with E-state index in [9.17, 15) is 24.0 Å². The van der Waals surface area contributed by atoms with Crippen LogP contribution in [0.2, 0.25) is 0 Å². The molecule has 7 aromatic heterocycles. The first kappa shape index (κ1) is 91.2. The molecular formula is C103H116N24O6. The number of imidazole rings is 1. The SMILES string of the molecule is CCC(CC)n1ccc2cnc(Nc3ccc(N4CCN(C(C)=O)CC4)cc3)nc21.CCC(c1ccccc1)N1C(=O)Cc2cnc(Nc3ccc(N4CCN(C(C)=O)CC4)cc3)nc21.CCC(c1ccccc1)N1C(=O)Cc2cnc(Nc3cccc(OCCn4ccnc4)c3)nc21.CCC(c1ccccc1)n1ccc2cnc(Nc3ccc(N4CCN(C(C)=O)CC4)cc3)nc21. The Kier molecular flexibility index (Phi) is 29.6. The van der Waals surface area contributed by atoms with Crippen molar-refractivity contribution < 1.29 is 28.7 Å². The van der Waals surface area contributed by atoms with Gasteiger partial charge in [0.15, 0.2) is 0 Å². The number of fused-ring (bicyclic) bond motifs is 4. The molecule has 0 saturated carbocycles. The number of hydrogen-bond acceptors (Lipinski definition) is 22. The molecule has 5 aliphatic heterocycles. The predicted molar refractivity (Wildman–Crippen MR) is 525 cm³/mol. The van der Waals surface area contributed by atoms with Crippen LogP contribution >= 0.6 is 0 Å². The molecule has 4 N–H and O–H groups in total. The number of ether oxygens (including phenoxy) is 1.